The van der Waals surface area contributed by atoms with Crippen LogP contribution in [-0.4, -0.2) is 52.0 Å². The smallest absolute Gasteiger partial charge is 0.350 e. The number of nitrogens with zero attached hydrogens (tertiary/aromatic N) is 5. The van der Waals surface area contributed by atoms with Crippen molar-refractivity contribution in [2.45, 2.75) is 13.5 Å². The lowest BCUT2D eigenvalue weighted by Crippen LogP contribution is -2.49. The van der Waals surface area contributed by atoms with Crippen molar-refractivity contribution in [2.24, 2.45) is 0 Å². The lowest BCUT2D eigenvalue weighted by Gasteiger charge is -2.36. The van der Waals surface area contributed by atoms with Crippen LogP contribution in [0.5, 0.6) is 0 Å². The van der Waals surface area contributed by atoms with Gasteiger partial charge in [0.05, 0.1) is 11.6 Å². The van der Waals surface area contributed by atoms with Gasteiger partial charge in [0.1, 0.15) is 6.20 Å². The molecule has 2 aromatic heterocycles. The monoisotopic (exact) mass is 386 g/mol. The van der Waals surface area contributed by atoms with E-state index in [1.165, 1.54) is 10.9 Å². The number of hydrogen-bond donors (Lipinski definition) is 1. The number of amides is 1. The number of hydrogen-bond acceptors (Lipinski definition) is 4. The number of piperazine rings is 1. The highest BCUT2D eigenvalue weighted by Crippen LogP contribution is 2.23. The quantitative estimate of drug-likeness (QED) is 0.551. The van der Waals surface area contributed by atoms with Gasteiger partial charge in [-0.1, -0.05) is 16.7 Å². The fourth-order valence-corrected chi connectivity index (χ4v) is 3.56. The molecule has 0 aliphatic carbocycles. The minimum atomic E-state index is -0.00390. The molecule has 4 rings (SSSR count). The standard InChI is InChI=1S/C19H21ClN5O2/c1-14-11-16(4-5-17(14)20)22-7-9-23(10-8-22)18(26)13-24-19-15(12-21-24)3-2-6-25(19)27/h2-6,11-12,27H,7-10,13H2,1H3/q+1. The van der Waals surface area contributed by atoms with Crippen LogP contribution in [0.4, 0.5) is 5.69 Å². The highest BCUT2D eigenvalue weighted by molar-refractivity contribution is 6.31. The van der Waals surface area contributed by atoms with Crippen molar-refractivity contribution in [1.29, 1.82) is 0 Å². The van der Waals surface area contributed by atoms with Gasteiger partial charge in [0, 0.05) is 36.9 Å². The van der Waals surface area contributed by atoms with E-state index in [1.54, 1.807) is 12.3 Å². The highest BCUT2D eigenvalue weighted by Gasteiger charge is 2.25. The molecule has 1 aliphatic heterocycles. The van der Waals surface area contributed by atoms with Gasteiger partial charge in [-0.3, -0.25) is 4.79 Å². The summed E-state index contributed by atoms with van der Waals surface area (Å²) in [6, 6.07) is 9.59. The van der Waals surface area contributed by atoms with Gasteiger partial charge >= 0.3 is 5.65 Å². The Morgan fingerprint density at radius 3 is 2.78 bits per heavy atom. The zero-order valence-corrected chi connectivity index (χ0v) is 15.8. The first-order valence-electron chi connectivity index (χ1n) is 8.87. The van der Waals surface area contributed by atoms with Gasteiger partial charge in [-0.05, 0) is 47.5 Å². The van der Waals surface area contributed by atoms with Gasteiger partial charge in [-0.2, -0.15) is 0 Å². The first kappa shape index (κ1) is 17.6. The molecule has 1 fully saturated rings. The molecule has 1 aromatic carbocycles. The first-order chi connectivity index (χ1) is 13.0. The topological polar surface area (TPSA) is 65.5 Å². The van der Waals surface area contributed by atoms with E-state index in [2.05, 4.69) is 16.1 Å². The molecule has 0 unspecified atom stereocenters. The van der Waals surface area contributed by atoms with Crippen LogP contribution in [0.3, 0.4) is 0 Å². The molecule has 1 N–H and O–H groups in total. The molecule has 1 amide bonds. The predicted octanol–water partition coefficient (Wildman–Crippen LogP) is 1.87. The number of aromatic nitrogens is 3. The molecule has 0 radical (unpaired) electrons. The molecule has 3 heterocycles. The number of pyridine rings is 1. The number of halogens is 1. The Morgan fingerprint density at radius 2 is 2.04 bits per heavy atom. The number of carbonyl (C=O) groups excluding carboxylic acids is 1. The third-order valence-corrected chi connectivity index (χ3v) is 5.41. The van der Waals surface area contributed by atoms with Crippen LogP contribution < -0.4 is 9.63 Å². The Hall–Kier alpha value is -2.80. The van der Waals surface area contributed by atoms with Crippen LogP contribution in [-0.2, 0) is 11.3 Å². The Labute approximate surface area is 161 Å². The number of carbonyl (C=O) groups is 1. The van der Waals surface area contributed by atoms with Gasteiger partial charge in [0.25, 0.3) is 5.91 Å². The van der Waals surface area contributed by atoms with Crippen LogP contribution in [0.25, 0.3) is 11.0 Å². The lowest BCUT2D eigenvalue weighted by atomic mass is 10.2. The SMILES string of the molecule is Cc1cc(N2CCN(C(=O)Cn3ncc4ccc[n+](O)c43)CC2)ccc1Cl. The Balaban J connectivity index is 1.42. The summed E-state index contributed by atoms with van der Waals surface area (Å²) in [5.41, 5.74) is 2.69. The van der Waals surface area contributed by atoms with Crippen molar-refractivity contribution >= 4 is 34.2 Å². The normalized spacial score (nSPS) is 14.7. The van der Waals surface area contributed by atoms with Crippen molar-refractivity contribution < 1.29 is 14.7 Å². The largest absolute Gasteiger partial charge is 0.368 e. The lowest BCUT2D eigenvalue weighted by molar-refractivity contribution is -0.886. The van der Waals surface area contributed by atoms with E-state index in [9.17, 15) is 10.0 Å². The zero-order valence-electron chi connectivity index (χ0n) is 15.0. The van der Waals surface area contributed by atoms with Gasteiger partial charge in [-0.15, -0.1) is 4.68 Å². The number of rotatable bonds is 3. The second-order valence-corrected chi connectivity index (χ2v) is 7.14. The van der Waals surface area contributed by atoms with E-state index >= 15 is 0 Å². The molecule has 8 heteroatoms. The number of fused-ring (bicyclic) bond motifs is 1. The van der Waals surface area contributed by atoms with Gasteiger partial charge in [0.15, 0.2) is 6.54 Å². The summed E-state index contributed by atoms with van der Waals surface area (Å²) in [7, 11) is 0. The van der Waals surface area contributed by atoms with E-state index in [0.29, 0.717) is 18.7 Å². The molecular formula is C19H21ClN5O2+. The second kappa shape index (κ2) is 7.08. The Kier molecular flexibility index (Phi) is 4.61. The van der Waals surface area contributed by atoms with Crippen LogP contribution in [0.2, 0.25) is 5.02 Å². The fourth-order valence-electron chi connectivity index (χ4n) is 3.44. The van der Waals surface area contributed by atoms with Crippen LogP contribution in [0.1, 0.15) is 5.56 Å². The number of anilines is 1. The third-order valence-electron chi connectivity index (χ3n) is 4.98. The fraction of sp³-hybridized carbons (Fsp3) is 0.316. The Morgan fingerprint density at radius 1 is 1.26 bits per heavy atom. The van der Waals surface area contributed by atoms with Gasteiger partial charge < -0.3 is 15.0 Å². The summed E-state index contributed by atoms with van der Waals surface area (Å²) in [5, 5.41) is 15.8. The molecule has 0 saturated carbocycles. The van der Waals surface area contributed by atoms with Crippen molar-refractivity contribution in [3.05, 3.63) is 53.3 Å². The molecule has 1 aliphatic rings. The maximum Gasteiger partial charge on any atom is 0.350 e. The summed E-state index contributed by atoms with van der Waals surface area (Å²) in [6.45, 7) is 4.94. The average Bonchev–Trinajstić information content (AvgIpc) is 3.08. The number of benzene rings is 1. The highest BCUT2D eigenvalue weighted by atomic mass is 35.5. The Bertz CT molecular complexity index is 995. The van der Waals surface area contributed by atoms with Crippen molar-refractivity contribution in [2.75, 3.05) is 31.1 Å². The second-order valence-electron chi connectivity index (χ2n) is 6.74. The van der Waals surface area contributed by atoms with Gasteiger partial charge in [-0.25, -0.2) is 0 Å². The molecule has 3 aromatic rings. The van der Waals surface area contributed by atoms with Crippen molar-refractivity contribution in [3.63, 3.8) is 0 Å². The van der Waals surface area contributed by atoms with E-state index in [4.69, 9.17) is 11.6 Å². The molecule has 27 heavy (non-hydrogen) atoms. The summed E-state index contributed by atoms with van der Waals surface area (Å²) < 4.78 is 2.53. The van der Waals surface area contributed by atoms with E-state index < -0.39 is 0 Å². The molecule has 0 spiro atoms. The molecule has 0 atom stereocenters. The average molecular weight is 387 g/mol. The summed E-state index contributed by atoms with van der Waals surface area (Å²) >= 11 is 6.11. The summed E-state index contributed by atoms with van der Waals surface area (Å²) in [6.07, 6.45) is 3.17. The molecule has 140 valence electrons. The van der Waals surface area contributed by atoms with Crippen molar-refractivity contribution in [1.82, 2.24) is 14.7 Å². The summed E-state index contributed by atoms with van der Waals surface area (Å²) in [4.78, 5) is 16.8. The first-order valence-corrected chi connectivity index (χ1v) is 9.25. The molecule has 1 saturated heterocycles. The van der Waals surface area contributed by atoms with Crippen LogP contribution in [0.15, 0.2) is 42.7 Å². The minimum Gasteiger partial charge on any atom is -0.368 e. The molecule has 7 nitrogen and oxygen atoms in total. The van der Waals surface area contributed by atoms with E-state index in [0.717, 1.165) is 39.5 Å². The van der Waals surface area contributed by atoms with E-state index in [-0.39, 0.29) is 12.5 Å². The maximum absolute atomic E-state index is 12.7. The van der Waals surface area contributed by atoms with Crippen LogP contribution >= 0.6 is 11.6 Å². The molecular weight excluding hydrogens is 366 g/mol. The van der Waals surface area contributed by atoms with E-state index in [1.807, 2.05) is 30.0 Å². The van der Waals surface area contributed by atoms with Crippen LogP contribution in [0, 0.1) is 6.92 Å². The van der Waals surface area contributed by atoms with Crippen molar-refractivity contribution in [3.8, 4) is 0 Å². The molecule has 0 bridgehead atoms. The summed E-state index contributed by atoms with van der Waals surface area (Å²) in [5.74, 6) is -0.00390. The predicted molar refractivity (Wildman–Crippen MR) is 102 cm³/mol. The number of aryl methyl sites for hydroxylation is 1. The third kappa shape index (κ3) is 3.42. The maximum atomic E-state index is 12.7. The minimum absolute atomic E-state index is 0.00390. The zero-order chi connectivity index (χ0) is 19.0. The van der Waals surface area contributed by atoms with Gasteiger partial charge in [0.2, 0.25) is 0 Å².